The van der Waals surface area contributed by atoms with Crippen LogP contribution in [0.4, 0.5) is 0 Å². The molecule has 0 spiro atoms. The van der Waals surface area contributed by atoms with Gasteiger partial charge in [-0.15, -0.1) is 0 Å². The maximum absolute atomic E-state index is 5.50. The van der Waals surface area contributed by atoms with Crippen molar-refractivity contribution < 1.29 is 9.47 Å². The first kappa shape index (κ1) is 7.25. The Labute approximate surface area is 66.4 Å². The largest absolute Gasteiger partial charge is 0.371 e. The van der Waals surface area contributed by atoms with Crippen LogP contribution >= 0.6 is 0 Å². The smallest absolute Gasteiger partial charge is 0.174 e. The van der Waals surface area contributed by atoms with Crippen LogP contribution in [0, 0.1) is 0 Å². The van der Waals surface area contributed by atoms with E-state index in [0.717, 1.165) is 19.4 Å². The lowest BCUT2D eigenvalue weighted by Crippen LogP contribution is -2.40. The molecule has 2 heterocycles. The summed E-state index contributed by atoms with van der Waals surface area (Å²) in [5, 5.41) is 0. The Morgan fingerprint density at radius 1 is 1.36 bits per heavy atom. The molecule has 2 atom stereocenters. The van der Waals surface area contributed by atoms with Crippen LogP contribution in [-0.4, -0.2) is 31.3 Å². The van der Waals surface area contributed by atoms with Gasteiger partial charge in [0.2, 0.25) is 0 Å². The zero-order valence-electron chi connectivity index (χ0n) is 6.75. The third-order valence-corrected chi connectivity index (χ3v) is 2.16. The summed E-state index contributed by atoms with van der Waals surface area (Å²) in [6, 6.07) is 0. The molecule has 0 aromatic heterocycles. The van der Waals surface area contributed by atoms with E-state index in [1.54, 1.807) is 0 Å². The van der Waals surface area contributed by atoms with Gasteiger partial charge in [-0.25, -0.2) is 0 Å². The maximum Gasteiger partial charge on any atom is 0.174 e. The fourth-order valence-corrected chi connectivity index (χ4v) is 1.54. The van der Waals surface area contributed by atoms with Crippen LogP contribution in [0.1, 0.15) is 19.8 Å². The standard InChI is InChI=1S/C8H13NO2/c1-6-2-3-7-8(9-6)11-5-4-10-7/h7-8H,2-5H2,1H3. The van der Waals surface area contributed by atoms with E-state index in [2.05, 4.69) is 4.99 Å². The number of aliphatic imine (C=N–C) groups is 1. The number of hydrogen-bond acceptors (Lipinski definition) is 3. The van der Waals surface area contributed by atoms with Gasteiger partial charge in [-0.2, -0.15) is 0 Å². The highest BCUT2D eigenvalue weighted by atomic mass is 16.6. The Hall–Kier alpha value is -0.410. The number of rotatable bonds is 0. The van der Waals surface area contributed by atoms with Crippen LogP contribution in [0.3, 0.4) is 0 Å². The second-order valence-corrected chi connectivity index (χ2v) is 3.07. The van der Waals surface area contributed by atoms with Crippen molar-refractivity contribution in [1.82, 2.24) is 0 Å². The summed E-state index contributed by atoms with van der Waals surface area (Å²) in [7, 11) is 0. The third kappa shape index (κ3) is 1.44. The maximum atomic E-state index is 5.50. The molecule has 0 aromatic rings. The Morgan fingerprint density at radius 2 is 2.18 bits per heavy atom. The van der Waals surface area contributed by atoms with E-state index in [-0.39, 0.29) is 12.3 Å². The second kappa shape index (κ2) is 2.91. The van der Waals surface area contributed by atoms with Gasteiger partial charge in [0.05, 0.1) is 13.2 Å². The summed E-state index contributed by atoms with van der Waals surface area (Å²) >= 11 is 0. The normalized spacial score (nSPS) is 37.7. The summed E-state index contributed by atoms with van der Waals surface area (Å²) in [5.74, 6) is 0. The number of fused-ring (bicyclic) bond motifs is 1. The minimum Gasteiger partial charge on any atom is -0.371 e. The molecule has 1 saturated heterocycles. The van der Waals surface area contributed by atoms with Crippen molar-refractivity contribution in [2.75, 3.05) is 13.2 Å². The van der Waals surface area contributed by atoms with Crippen LogP contribution < -0.4 is 0 Å². The molecule has 11 heavy (non-hydrogen) atoms. The summed E-state index contributed by atoms with van der Waals surface area (Å²) in [6.45, 7) is 3.47. The van der Waals surface area contributed by atoms with Gasteiger partial charge in [0.25, 0.3) is 0 Å². The highest BCUT2D eigenvalue weighted by Gasteiger charge is 2.28. The van der Waals surface area contributed by atoms with Crippen LogP contribution in [0.5, 0.6) is 0 Å². The molecular formula is C8H13NO2. The Bertz CT molecular complexity index is 179. The van der Waals surface area contributed by atoms with E-state index in [1.165, 1.54) is 5.71 Å². The molecule has 3 heteroatoms. The summed E-state index contributed by atoms with van der Waals surface area (Å²) < 4.78 is 10.9. The number of hydrogen-bond donors (Lipinski definition) is 0. The van der Waals surface area contributed by atoms with Gasteiger partial charge in [-0.05, 0) is 19.8 Å². The van der Waals surface area contributed by atoms with Crippen molar-refractivity contribution in [2.45, 2.75) is 32.1 Å². The molecule has 0 saturated carbocycles. The van der Waals surface area contributed by atoms with Gasteiger partial charge < -0.3 is 9.47 Å². The molecule has 2 aliphatic rings. The van der Waals surface area contributed by atoms with E-state index in [9.17, 15) is 0 Å². The molecule has 0 amide bonds. The van der Waals surface area contributed by atoms with Crippen LogP contribution in [0.25, 0.3) is 0 Å². The predicted molar refractivity (Wildman–Crippen MR) is 41.8 cm³/mol. The predicted octanol–water partition coefficient (Wildman–Crippen LogP) is 0.983. The van der Waals surface area contributed by atoms with Crippen molar-refractivity contribution >= 4 is 5.71 Å². The number of nitrogens with zero attached hydrogens (tertiary/aromatic N) is 1. The van der Waals surface area contributed by atoms with E-state index in [0.29, 0.717) is 6.61 Å². The number of ether oxygens (including phenoxy) is 2. The molecule has 0 aliphatic carbocycles. The zero-order valence-corrected chi connectivity index (χ0v) is 6.75. The minimum atomic E-state index is -0.00231. The van der Waals surface area contributed by atoms with E-state index >= 15 is 0 Å². The molecule has 1 fully saturated rings. The van der Waals surface area contributed by atoms with Crippen LogP contribution in [0.2, 0.25) is 0 Å². The van der Waals surface area contributed by atoms with Gasteiger partial charge in [0.1, 0.15) is 6.10 Å². The third-order valence-electron chi connectivity index (χ3n) is 2.16. The molecule has 2 unspecified atom stereocenters. The van der Waals surface area contributed by atoms with Gasteiger partial charge in [0.15, 0.2) is 6.23 Å². The SMILES string of the molecule is CC1=NC2OCCOC2CC1. The molecule has 0 bridgehead atoms. The molecule has 3 nitrogen and oxygen atoms in total. The van der Waals surface area contributed by atoms with Crippen molar-refractivity contribution in [2.24, 2.45) is 4.99 Å². The quantitative estimate of drug-likeness (QED) is 0.522. The Balaban J connectivity index is 2.07. The minimum absolute atomic E-state index is 0.00231. The molecular weight excluding hydrogens is 142 g/mol. The fraction of sp³-hybridized carbons (Fsp3) is 0.875. The fourth-order valence-electron chi connectivity index (χ4n) is 1.54. The van der Waals surface area contributed by atoms with E-state index in [1.807, 2.05) is 6.92 Å². The molecule has 2 rings (SSSR count). The van der Waals surface area contributed by atoms with E-state index in [4.69, 9.17) is 9.47 Å². The molecule has 2 aliphatic heterocycles. The second-order valence-electron chi connectivity index (χ2n) is 3.07. The zero-order chi connectivity index (χ0) is 7.68. The van der Waals surface area contributed by atoms with Crippen LogP contribution in [-0.2, 0) is 9.47 Å². The molecule has 62 valence electrons. The molecule has 0 N–H and O–H groups in total. The first-order valence-corrected chi connectivity index (χ1v) is 4.13. The Kier molecular flexibility index (Phi) is 1.92. The van der Waals surface area contributed by atoms with Crippen LogP contribution in [0.15, 0.2) is 4.99 Å². The van der Waals surface area contributed by atoms with Crippen molar-refractivity contribution in [3.8, 4) is 0 Å². The molecule has 0 radical (unpaired) electrons. The average Bonchev–Trinajstić information content (AvgIpc) is 2.04. The summed E-state index contributed by atoms with van der Waals surface area (Å²) in [6.07, 6.45) is 2.36. The Morgan fingerprint density at radius 3 is 3.09 bits per heavy atom. The lowest BCUT2D eigenvalue weighted by molar-refractivity contribution is -0.140. The monoisotopic (exact) mass is 155 g/mol. The topological polar surface area (TPSA) is 30.8 Å². The van der Waals surface area contributed by atoms with Gasteiger partial charge in [-0.3, -0.25) is 4.99 Å². The highest BCUT2D eigenvalue weighted by Crippen LogP contribution is 2.21. The average molecular weight is 155 g/mol. The summed E-state index contributed by atoms with van der Waals surface area (Å²) in [5.41, 5.74) is 1.19. The van der Waals surface area contributed by atoms with Gasteiger partial charge in [0, 0.05) is 5.71 Å². The van der Waals surface area contributed by atoms with Crippen molar-refractivity contribution in [1.29, 1.82) is 0 Å². The first-order valence-electron chi connectivity index (χ1n) is 4.13. The van der Waals surface area contributed by atoms with Gasteiger partial charge in [-0.1, -0.05) is 0 Å². The van der Waals surface area contributed by atoms with Crippen molar-refractivity contribution in [3.05, 3.63) is 0 Å². The lowest BCUT2D eigenvalue weighted by atomic mass is 10.1. The summed E-state index contributed by atoms with van der Waals surface area (Å²) in [4.78, 5) is 4.37. The lowest BCUT2D eigenvalue weighted by Gasteiger charge is -2.32. The van der Waals surface area contributed by atoms with Gasteiger partial charge >= 0.3 is 0 Å². The molecule has 0 aromatic carbocycles. The highest BCUT2D eigenvalue weighted by molar-refractivity contribution is 5.82. The first-order chi connectivity index (χ1) is 5.36. The van der Waals surface area contributed by atoms with Crippen molar-refractivity contribution in [3.63, 3.8) is 0 Å². The van der Waals surface area contributed by atoms with E-state index < -0.39 is 0 Å².